The molecule has 4 aromatic rings. The standard InChI is InChI=1S/C14H13N5O2S/c1-9(10-8-19-4-6-22-14(19)16-10)15-7-12-17-13(18-21-12)11-3-2-5-20-11/h2-6,8-9,15H,7H2,1H3/t9-/m1/s1. The Bertz CT molecular complexity index is 848. The van der Waals surface area contributed by atoms with Gasteiger partial charge in [-0.25, -0.2) is 4.98 Å². The van der Waals surface area contributed by atoms with Crippen LogP contribution in [0.15, 0.2) is 45.1 Å². The fourth-order valence-electron chi connectivity index (χ4n) is 2.13. The molecule has 0 unspecified atom stereocenters. The van der Waals surface area contributed by atoms with E-state index in [9.17, 15) is 0 Å². The molecule has 4 rings (SSSR count). The summed E-state index contributed by atoms with van der Waals surface area (Å²) >= 11 is 1.61. The van der Waals surface area contributed by atoms with E-state index >= 15 is 0 Å². The van der Waals surface area contributed by atoms with Crippen LogP contribution in [-0.2, 0) is 6.54 Å². The van der Waals surface area contributed by atoms with Crippen molar-refractivity contribution in [2.45, 2.75) is 19.5 Å². The first kappa shape index (κ1) is 13.2. The van der Waals surface area contributed by atoms with Gasteiger partial charge in [0, 0.05) is 23.8 Å². The Morgan fingerprint density at radius 1 is 1.41 bits per heavy atom. The second-order valence-electron chi connectivity index (χ2n) is 4.85. The van der Waals surface area contributed by atoms with Crippen molar-refractivity contribution < 1.29 is 8.94 Å². The zero-order valence-electron chi connectivity index (χ0n) is 11.8. The molecule has 0 aliphatic carbocycles. The highest BCUT2D eigenvalue weighted by atomic mass is 32.1. The fraction of sp³-hybridized carbons (Fsp3) is 0.214. The first-order valence-corrected chi connectivity index (χ1v) is 7.69. The number of nitrogens with zero attached hydrogens (tertiary/aromatic N) is 4. The Morgan fingerprint density at radius 3 is 3.18 bits per heavy atom. The van der Waals surface area contributed by atoms with E-state index in [-0.39, 0.29) is 6.04 Å². The van der Waals surface area contributed by atoms with E-state index in [2.05, 4.69) is 27.4 Å². The molecular formula is C14H13N5O2S. The molecule has 22 heavy (non-hydrogen) atoms. The van der Waals surface area contributed by atoms with Crippen LogP contribution in [0.1, 0.15) is 24.6 Å². The topological polar surface area (TPSA) is 81.4 Å². The molecule has 0 bridgehead atoms. The quantitative estimate of drug-likeness (QED) is 0.610. The third-order valence-corrected chi connectivity index (χ3v) is 4.10. The molecule has 0 aliphatic rings. The predicted molar refractivity (Wildman–Crippen MR) is 80.3 cm³/mol. The fourth-order valence-corrected chi connectivity index (χ4v) is 2.84. The van der Waals surface area contributed by atoms with E-state index in [1.807, 2.05) is 22.2 Å². The van der Waals surface area contributed by atoms with Crippen molar-refractivity contribution in [1.82, 2.24) is 24.8 Å². The SMILES string of the molecule is C[C@@H](NCc1nc(-c2ccco2)no1)c1cn2ccsc2n1. The summed E-state index contributed by atoms with van der Waals surface area (Å²) in [5.74, 6) is 1.56. The first-order chi connectivity index (χ1) is 10.8. The molecule has 0 fully saturated rings. The summed E-state index contributed by atoms with van der Waals surface area (Å²) in [6.45, 7) is 2.52. The van der Waals surface area contributed by atoms with Gasteiger partial charge in [-0.15, -0.1) is 11.3 Å². The lowest BCUT2D eigenvalue weighted by Crippen LogP contribution is -2.18. The highest BCUT2D eigenvalue weighted by Crippen LogP contribution is 2.18. The summed E-state index contributed by atoms with van der Waals surface area (Å²) in [5, 5.41) is 9.24. The van der Waals surface area contributed by atoms with Crippen LogP contribution in [0.4, 0.5) is 0 Å². The Hall–Kier alpha value is -2.45. The van der Waals surface area contributed by atoms with Crippen LogP contribution in [0.5, 0.6) is 0 Å². The zero-order valence-corrected chi connectivity index (χ0v) is 12.6. The Labute approximate surface area is 129 Å². The molecule has 1 atom stereocenters. The van der Waals surface area contributed by atoms with Gasteiger partial charge in [0.1, 0.15) is 0 Å². The lowest BCUT2D eigenvalue weighted by atomic mass is 10.2. The van der Waals surface area contributed by atoms with E-state index in [1.165, 1.54) is 0 Å². The molecule has 4 aromatic heterocycles. The van der Waals surface area contributed by atoms with Crippen LogP contribution in [0.3, 0.4) is 0 Å². The van der Waals surface area contributed by atoms with Gasteiger partial charge in [-0.1, -0.05) is 5.16 Å². The maximum atomic E-state index is 5.24. The monoisotopic (exact) mass is 315 g/mol. The second kappa shape index (κ2) is 5.39. The molecule has 0 saturated heterocycles. The van der Waals surface area contributed by atoms with Crippen molar-refractivity contribution in [3.63, 3.8) is 0 Å². The minimum absolute atomic E-state index is 0.0889. The van der Waals surface area contributed by atoms with Gasteiger partial charge in [0.05, 0.1) is 18.5 Å². The summed E-state index contributed by atoms with van der Waals surface area (Å²) in [4.78, 5) is 9.85. The number of furan rings is 1. The normalized spacial score (nSPS) is 13.0. The number of hydrogen-bond acceptors (Lipinski definition) is 7. The second-order valence-corrected chi connectivity index (χ2v) is 5.72. The summed E-state index contributed by atoms with van der Waals surface area (Å²) in [6.07, 6.45) is 5.60. The van der Waals surface area contributed by atoms with Crippen molar-refractivity contribution in [3.05, 3.63) is 47.8 Å². The zero-order chi connectivity index (χ0) is 14.9. The molecule has 1 N–H and O–H groups in total. The van der Waals surface area contributed by atoms with E-state index in [0.29, 0.717) is 24.0 Å². The van der Waals surface area contributed by atoms with Crippen LogP contribution in [0.25, 0.3) is 16.5 Å². The molecule has 0 aromatic carbocycles. The third-order valence-electron chi connectivity index (χ3n) is 3.32. The lowest BCUT2D eigenvalue weighted by Gasteiger charge is -2.08. The van der Waals surface area contributed by atoms with E-state index < -0.39 is 0 Å². The minimum Gasteiger partial charge on any atom is -0.461 e. The lowest BCUT2D eigenvalue weighted by molar-refractivity contribution is 0.359. The molecule has 0 saturated carbocycles. The van der Waals surface area contributed by atoms with Crippen molar-refractivity contribution in [2.24, 2.45) is 0 Å². The summed E-state index contributed by atoms with van der Waals surface area (Å²) in [5.41, 5.74) is 0.984. The van der Waals surface area contributed by atoms with Crippen LogP contribution in [-0.4, -0.2) is 19.5 Å². The Kier molecular flexibility index (Phi) is 3.24. The Balaban J connectivity index is 1.42. The third kappa shape index (κ3) is 2.42. The van der Waals surface area contributed by atoms with Gasteiger partial charge >= 0.3 is 0 Å². The van der Waals surface area contributed by atoms with Crippen LogP contribution in [0.2, 0.25) is 0 Å². The van der Waals surface area contributed by atoms with Crippen molar-refractivity contribution >= 4 is 16.3 Å². The molecule has 0 amide bonds. The van der Waals surface area contributed by atoms with Crippen molar-refractivity contribution in [3.8, 4) is 11.6 Å². The van der Waals surface area contributed by atoms with Crippen LogP contribution >= 0.6 is 11.3 Å². The minimum atomic E-state index is 0.0889. The number of nitrogens with one attached hydrogen (secondary N) is 1. The summed E-state index contributed by atoms with van der Waals surface area (Å²) < 4.78 is 12.5. The van der Waals surface area contributed by atoms with E-state index in [4.69, 9.17) is 8.94 Å². The average molecular weight is 315 g/mol. The maximum absolute atomic E-state index is 5.24. The van der Waals surface area contributed by atoms with Gasteiger partial charge in [0.25, 0.3) is 0 Å². The molecule has 112 valence electrons. The molecule has 0 spiro atoms. The van der Waals surface area contributed by atoms with E-state index in [0.717, 1.165) is 10.7 Å². The molecule has 8 heteroatoms. The predicted octanol–water partition coefficient (Wildman–Crippen LogP) is 2.89. The highest BCUT2D eigenvalue weighted by molar-refractivity contribution is 7.15. The average Bonchev–Trinajstić information content (AvgIpc) is 3.26. The molecule has 0 aliphatic heterocycles. The number of aromatic nitrogens is 4. The van der Waals surface area contributed by atoms with Crippen molar-refractivity contribution in [1.29, 1.82) is 0 Å². The maximum Gasteiger partial charge on any atom is 0.241 e. The number of thiazole rings is 1. The van der Waals surface area contributed by atoms with Gasteiger partial charge in [-0.3, -0.25) is 4.40 Å². The number of imidazole rings is 1. The van der Waals surface area contributed by atoms with Gasteiger partial charge < -0.3 is 14.3 Å². The molecule has 7 nitrogen and oxygen atoms in total. The first-order valence-electron chi connectivity index (χ1n) is 6.81. The Morgan fingerprint density at radius 2 is 2.36 bits per heavy atom. The van der Waals surface area contributed by atoms with Gasteiger partial charge in [-0.05, 0) is 19.1 Å². The summed E-state index contributed by atoms with van der Waals surface area (Å²) in [7, 11) is 0. The number of hydrogen-bond donors (Lipinski definition) is 1. The van der Waals surface area contributed by atoms with E-state index in [1.54, 1.807) is 29.7 Å². The summed E-state index contributed by atoms with van der Waals surface area (Å²) in [6, 6.07) is 3.67. The molecular weight excluding hydrogens is 302 g/mol. The van der Waals surface area contributed by atoms with Gasteiger partial charge in [0.15, 0.2) is 10.7 Å². The molecule has 4 heterocycles. The van der Waals surface area contributed by atoms with Crippen LogP contribution < -0.4 is 5.32 Å². The number of fused-ring (bicyclic) bond motifs is 1. The van der Waals surface area contributed by atoms with Crippen LogP contribution in [0, 0.1) is 0 Å². The highest BCUT2D eigenvalue weighted by Gasteiger charge is 2.14. The largest absolute Gasteiger partial charge is 0.461 e. The van der Waals surface area contributed by atoms with Crippen molar-refractivity contribution in [2.75, 3.05) is 0 Å². The molecule has 0 radical (unpaired) electrons. The van der Waals surface area contributed by atoms with Gasteiger partial charge in [-0.2, -0.15) is 4.98 Å². The van der Waals surface area contributed by atoms with Gasteiger partial charge in [0.2, 0.25) is 11.7 Å². The smallest absolute Gasteiger partial charge is 0.241 e. The number of rotatable bonds is 5.